The Labute approximate surface area is 310 Å². The van der Waals surface area contributed by atoms with Gasteiger partial charge in [-0.1, -0.05) is 47.6 Å². The van der Waals surface area contributed by atoms with Crippen molar-refractivity contribution in [2.24, 2.45) is 0 Å². The molecule has 14 heteroatoms. The maximum atomic E-state index is 13.4. The highest BCUT2D eigenvalue weighted by Crippen LogP contribution is 2.36. The summed E-state index contributed by atoms with van der Waals surface area (Å²) in [6.45, 7) is 5.85. The van der Waals surface area contributed by atoms with Crippen LogP contribution in [0.25, 0.3) is 22.7 Å². The first-order valence-corrected chi connectivity index (χ1v) is 18.6. The van der Waals surface area contributed by atoms with E-state index in [0.29, 0.717) is 41.0 Å². The molecule has 0 bridgehead atoms. The Morgan fingerprint density at radius 2 is 1.84 bits per heavy atom. The number of phenols is 1. The molecule has 3 aromatic carbocycles. The number of fused-ring (bicyclic) bond motifs is 1. The minimum absolute atomic E-state index is 0.0887. The zero-order valence-corrected chi connectivity index (χ0v) is 31.3. The number of benzene rings is 3. The SMILES string of the molecule is CSC(C)(C)c1cc(NC(=O)NCc2ccccc2Sc2ccc3nnc(-c4cc(O)ccc4Cl)n3c2)n(-c2cccc(OCCN(C)C)c2)n1. The predicted octanol–water partition coefficient (Wildman–Crippen LogP) is 7.95. The molecule has 0 spiro atoms. The van der Waals surface area contributed by atoms with Crippen LogP contribution in [-0.2, 0) is 11.3 Å². The van der Waals surface area contributed by atoms with Crippen LogP contribution in [0.15, 0.2) is 101 Å². The Bertz CT molecular complexity index is 2170. The van der Waals surface area contributed by atoms with Crippen LogP contribution in [0.3, 0.4) is 0 Å². The van der Waals surface area contributed by atoms with Crippen molar-refractivity contribution in [3.63, 3.8) is 0 Å². The van der Waals surface area contributed by atoms with E-state index in [4.69, 9.17) is 21.4 Å². The van der Waals surface area contributed by atoms with Crippen LogP contribution in [0.4, 0.5) is 10.6 Å². The molecule has 0 aliphatic carbocycles. The standard InChI is InChI=1S/C37H39ClN8O3S2/c1-37(2,50-5)32-21-34(46(43-32)25-10-8-11-27(19-25)49-18-17-44(3)4)40-36(48)39-22-24-9-6-7-12-31(24)51-28-14-16-33-41-42-35(45(33)23-28)29-20-26(47)13-15-30(29)38/h6-16,19-21,23,47H,17-18,22H2,1-5H3,(H2,39,40,48). The van der Waals surface area contributed by atoms with Crippen molar-refractivity contribution in [1.82, 2.24) is 34.6 Å². The van der Waals surface area contributed by atoms with Crippen LogP contribution < -0.4 is 15.4 Å². The number of nitrogens with zero attached hydrogens (tertiary/aromatic N) is 6. The van der Waals surface area contributed by atoms with Gasteiger partial charge in [-0.3, -0.25) is 9.72 Å². The largest absolute Gasteiger partial charge is 0.508 e. The molecule has 0 unspecified atom stereocenters. The Balaban J connectivity index is 1.19. The summed E-state index contributed by atoms with van der Waals surface area (Å²) in [5, 5.41) is 30.1. The highest BCUT2D eigenvalue weighted by Gasteiger charge is 2.25. The molecule has 6 rings (SSSR count). The van der Waals surface area contributed by atoms with Crippen LogP contribution in [0.5, 0.6) is 11.5 Å². The van der Waals surface area contributed by atoms with Crippen molar-refractivity contribution < 1.29 is 14.6 Å². The number of carbonyl (C=O) groups is 1. The Kier molecular flexibility index (Phi) is 11.1. The van der Waals surface area contributed by atoms with Crippen LogP contribution in [0.2, 0.25) is 5.02 Å². The van der Waals surface area contributed by atoms with Crippen LogP contribution in [0.1, 0.15) is 25.1 Å². The van der Waals surface area contributed by atoms with Gasteiger partial charge < -0.3 is 20.1 Å². The number of carbonyl (C=O) groups excluding carboxylic acids is 1. The number of aromatic hydroxyl groups is 1. The van der Waals surface area contributed by atoms with Crippen molar-refractivity contribution >= 4 is 52.6 Å². The summed E-state index contributed by atoms with van der Waals surface area (Å²) in [7, 11) is 4.01. The number of pyridine rings is 1. The predicted molar refractivity (Wildman–Crippen MR) is 206 cm³/mol. The molecule has 0 radical (unpaired) electrons. The highest BCUT2D eigenvalue weighted by molar-refractivity contribution is 7.99. The van der Waals surface area contributed by atoms with E-state index in [0.717, 1.165) is 39.0 Å². The molecular formula is C37H39ClN8O3S2. The maximum absolute atomic E-state index is 13.4. The third-order valence-corrected chi connectivity index (χ3v) is 10.8. The molecule has 0 aliphatic rings. The van der Waals surface area contributed by atoms with E-state index in [1.54, 1.807) is 40.3 Å². The smallest absolute Gasteiger partial charge is 0.320 e. The van der Waals surface area contributed by atoms with Crippen molar-refractivity contribution in [3.8, 4) is 28.6 Å². The third kappa shape index (κ3) is 8.62. The van der Waals surface area contributed by atoms with Gasteiger partial charge in [0.1, 0.15) is 23.9 Å². The molecule has 264 valence electrons. The number of hydrogen-bond acceptors (Lipinski definition) is 9. The number of nitrogens with one attached hydrogen (secondary N) is 2. The summed E-state index contributed by atoms with van der Waals surface area (Å²) in [5.41, 5.74) is 3.78. The lowest BCUT2D eigenvalue weighted by Crippen LogP contribution is -2.29. The molecule has 11 nitrogen and oxygen atoms in total. The lowest BCUT2D eigenvalue weighted by atomic mass is 10.1. The number of amides is 2. The average molecular weight is 743 g/mol. The molecule has 0 saturated carbocycles. The zero-order valence-electron chi connectivity index (χ0n) is 28.9. The minimum atomic E-state index is -0.360. The van der Waals surface area contributed by atoms with Gasteiger partial charge in [-0.15, -0.1) is 10.2 Å². The Hall–Kier alpha value is -4.69. The monoisotopic (exact) mass is 742 g/mol. The zero-order chi connectivity index (χ0) is 36.1. The minimum Gasteiger partial charge on any atom is -0.508 e. The molecule has 0 saturated heterocycles. The van der Waals surface area contributed by atoms with Gasteiger partial charge in [0.25, 0.3) is 0 Å². The fourth-order valence-corrected chi connectivity index (χ4v) is 6.61. The molecule has 0 fully saturated rings. The van der Waals surface area contributed by atoms with Gasteiger partial charge in [0.15, 0.2) is 11.5 Å². The van der Waals surface area contributed by atoms with Crippen LogP contribution in [0, 0.1) is 0 Å². The van der Waals surface area contributed by atoms with E-state index >= 15 is 0 Å². The van der Waals surface area contributed by atoms with Gasteiger partial charge in [-0.2, -0.15) is 16.9 Å². The van der Waals surface area contributed by atoms with Crippen molar-refractivity contribution in [2.45, 2.75) is 34.9 Å². The number of aromatic nitrogens is 5. The molecule has 3 aromatic heterocycles. The summed E-state index contributed by atoms with van der Waals surface area (Å²) in [4.78, 5) is 17.4. The molecular weight excluding hydrogens is 704 g/mol. The molecule has 2 amide bonds. The van der Waals surface area contributed by atoms with Crippen LogP contribution in [-0.4, -0.2) is 73.9 Å². The molecule has 0 aliphatic heterocycles. The number of anilines is 1. The van der Waals surface area contributed by atoms with E-state index in [1.165, 1.54) is 6.07 Å². The number of urea groups is 1. The molecule has 6 aromatic rings. The number of hydrogen-bond donors (Lipinski definition) is 3. The summed E-state index contributed by atoms with van der Waals surface area (Å²) >= 11 is 9.68. The van der Waals surface area contributed by atoms with E-state index < -0.39 is 0 Å². The van der Waals surface area contributed by atoms with E-state index in [9.17, 15) is 9.90 Å². The lowest BCUT2D eigenvalue weighted by molar-refractivity contribution is 0.251. The van der Waals surface area contributed by atoms with E-state index in [-0.39, 0.29) is 16.5 Å². The Morgan fingerprint density at radius 1 is 1.02 bits per heavy atom. The van der Waals surface area contributed by atoms with Gasteiger partial charge >= 0.3 is 6.03 Å². The summed E-state index contributed by atoms with van der Waals surface area (Å²) in [5.74, 6) is 1.88. The topological polar surface area (TPSA) is 122 Å². The summed E-state index contributed by atoms with van der Waals surface area (Å²) in [6.07, 6.45) is 3.98. The first-order valence-electron chi connectivity index (χ1n) is 16.2. The van der Waals surface area contributed by atoms with Crippen molar-refractivity contribution in [2.75, 3.05) is 38.8 Å². The molecule has 0 atom stereocenters. The normalized spacial score (nSPS) is 11.7. The highest BCUT2D eigenvalue weighted by atomic mass is 35.5. The van der Waals surface area contributed by atoms with Crippen LogP contribution >= 0.6 is 35.1 Å². The van der Waals surface area contributed by atoms with Gasteiger partial charge in [-0.25, -0.2) is 9.48 Å². The number of rotatable bonds is 13. The van der Waals surface area contributed by atoms with Gasteiger partial charge in [0.2, 0.25) is 0 Å². The number of ether oxygens (including phenoxy) is 1. The molecule has 51 heavy (non-hydrogen) atoms. The van der Waals surface area contributed by atoms with Gasteiger partial charge in [0, 0.05) is 46.8 Å². The number of thioether (sulfide) groups is 1. The van der Waals surface area contributed by atoms with Gasteiger partial charge in [-0.05, 0) is 88.3 Å². The maximum Gasteiger partial charge on any atom is 0.320 e. The Morgan fingerprint density at radius 3 is 2.65 bits per heavy atom. The van der Waals surface area contributed by atoms with Crippen molar-refractivity contribution in [1.29, 1.82) is 0 Å². The first kappa shape index (κ1) is 36.1. The summed E-state index contributed by atoms with van der Waals surface area (Å²) in [6, 6.07) is 25.8. The second-order valence-corrected chi connectivity index (χ2v) is 15.4. The quantitative estimate of drug-likeness (QED) is 0.108. The fraction of sp³-hybridized carbons (Fsp3) is 0.243. The number of halogens is 1. The molecule has 3 heterocycles. The second-order valence-electron chi connectivity index (χ2n) is 12.5. The summed E-state index contributed by atoms with van der Waals surface area (Å²) < 4.78 is 9.29. The fourth-order valence-electron chi connectivity index (χ4n) is 5.13. The van der Waals surface area contributed by atoms with E-state index in [2.05, 4.69) is 39.6 Å². The van der Waals surface area contributed by atoms with Crippen molar-refractivity contribution in [3.05, 3.63) is 107 Å². The van der Waals surface area contributed by atoms with E-state index in [1.807, 2.05) is 97.7 Å². The lowest BCUT2D eigenvalue weighted by Gasteiger charge is -2.18. The average Bonchev–Trinajstić information content (AvgIpc) is 3.74. The third-order valence-electron chi connectivity index (χ3n) is 8.15. The number of likely N-dealkylation sites (N-methyl/N-ethyl adjacent to an activating group) is 1. The second kappa shape index (κ2) is 15.7. The van der Waals surface area contributed by atoms with Gasteiger partial charge in [0.05, 0.1) is 21.2 Å². The first-order chi connectivity index (χ1) is 24.5. The molecule has 3 N–H and O–H groups in total. The number of phenolic OH excluding ortho intramolecular Hbond substituents is 1.